The van der Waals surface area contributed by atoms with Gasteiger partial charge in [-0.2, -0.15) is 0 Å². The number of rotatable bonds is 30. The molecular weight excluding hydrogens is 1370 g/mol. The highest BCUT2D eigenvalue weighted by Crippen LogP contribution is 2.43. The second kappa shape index (κ2) is 42.3. The van der Waals surface area contributed by atoms with Gasteiger partial charge in [-0.25, -0.2) is 4.79 Å². The zero-order chi connectivity index (χ0) is 73.9. The fourth-order valence-corrected chi connectivity index (χ4v) is 15.0. The van der Waals surface area contributed by atoms with E-state index in [2.05, 4.69) is 0 Å². The fourth-order valence-electron chi connectivity index (χ4n) is 15.0. The van der Waals surface area contributed by atoms with E-state index in [4.69, 9.17) is 171 Å². The molecule has 0 aliphatic carbocycles. The Hall–Kier alpha value is -1.93. The van der Waals surface area contributed by atoms with Gasteiger partial charge in [0.25, 0.3) is 0 Å². The summed E-state index contributed by atoms with van der Waals surface area (Å²) in [5, 5.41) is 0. The second-order valence-corrected chi connectivity index (χ2v) is 25.1. The third-order valence-electron chi connectivity index (χ3n) is 19.7. The number of hydrogen-bond acceptors (Lipinski definition) is 37. The van der Waals surface area contributed by atoms with Gasteiger partial charge in [0.05, 0.1) is 53.4 Å². The Morgan fingerprint density at radius 2 is 0.353 bits per heavy atom. The summed E-state index contributed by atoms with van der Waals surface area (Å²) in [5.74, 6) is -0.732. The van der Waals surface area contributed by atoms with Crippen LogP contribution in [0.3, 0.4) is 0 Å². The van der Waals surface area contributed by atoms with E-state index in [1.807, 2.05) is 0 Å². The highest BCUT2D eigenvalue weighted by Gasteiger charge is 2.62. The van der Waals surface area contributed by atoms with Crippen molar-refractivity contribution in [3.05, 3.63) is 0 Å². The van der Waals surface area contributed by atoms with E-state index in [0.717, 1.165) is 0 Å². The van der Waals surface area contributed by atoms with Crippen molar-refractivity contribution < 1.29 is 175 Å². The lowest BCUT2D eigenvalue weighted by atomic mass is 9.94. The molecule has 21 heterocycles. The zero-order valence-electron chi connectivity index (χ0n) is 62.5. The first-order valence-corrected chi connectivity index (χ1v) is 33.7. The number of ether oxygens (including phenoxy) is 36. The fraction of sp³-hybridized carbons (Fsp3) is 0.985. The van der Waals surface area contributed by atoms with Gasteiger partial charge < -0.3 is 171 Å². The van der Waals surface area contributed by atoms with Crippen LogP contribution in [-0.4, -0.2) is 423 Å². The predicted octanol–water partition coefficient (Wildman–Crippen LogP) is -1.95. The largest absolute Gasteiger partial charge is 0.467 e. The molecule has 37 heteroatoms. The zero-order valence-corrected chi connectivity index (χ0v) is 62.5. The Kier molecular flexibility index (Phi) is 35.5. The van der Waals surface area contributed by atoms with Crippen LogP contribution < -0.4 is 0 Å². The Balaban J connectivity index is 1.25. The minimum absolute atomic E-state index is 0.0537. The molecule has 102 heavy (non-hydrogen) atoms. The normalized spacial score (nSPS) is 44.7. The second-order valence-electron chi connectivity index (χ2n) is 25.1. The predicted molar refractivity (Wildman–Crippen MR) is 340 cm³/mol. The summed E-state index contributed by atoms with van der Waals surface area (Å²) in [7, 11) is 30.9. The Morgan fingerprint density at radius 1 is 0.206 bits per heavy atom. The first-order chi connectivity index (χ1) is 49.6. The molecule has 21 rings (SSSR count). The molecule has 0 amide bonds. The van der Waals surface area contributed by atoms with Crippen LogP contribution in [0.2, 0.25) is 0 Å². The highest BCUT2D eigenvalue weighted by atomic mass is 16.8. The topological polar surface area (TPSA) is 349 Å². The molecule has 0 aromatic rings. The molecule has 0 saturated carbocycles. The van der Waals surface area contributed by atoms with Crippen molar-refractivity contribution in [3.8, 4) is 0 Å². The number of esters is 1. The van der Waals surface area contributed by atoms with E-state index < -0.39 is 228 Å². The standard InChI is InChI=1S/C65H114O37/c1-67-22-30-38-45(75-9)52(82-16)60(89-30)97-40-32(24-69-3)91-62(54(84-18)47(40)77-11)99-42-34(26-71-5)93-64(56(86-20)49(42)79-13)101-44-36(28-73-7)95-65(58(51(44)81-15)88-29-37(66)74-8)102-43-35(27-72-6)94-63(57(87-21)50(43)80-14)100-41-33(25-70-4)92-61(55(85-19)48(41)78-12)98-39-31(23-68-2)90-59(96-38)53(83-17)46(39)76-10/h30-36,38-65H,22-29H2,1-21H3/t30-,31-,32-,33-,34-,35-,36-,38-,39-,40-,41-,42-,43-,44-,45+,46+,47+,48+,49+,50+,51+,52-,53-,54-,55-,56-,57-,58-,59-,60-,61-,62-,63-,64-,65-/m1/s1. The van der Waals surface area contributed by atoms with Gasteiger partial charge in [0.1, 0.15) is 178 Å². The van der Waals surface area contributed by atoms with Crippen molar-refractivity contribution in [1.82, 2.24) is 0 Å². The minimum atomic E-state index is -1.43. The molecule has 0 N–H and O–H groups in total. The third-order valence-corrected chi connectivity index (χ3v) is 19.7. The smallest absolute Gasteiger partial charge is 0.331 e. The van der Waals surface area contributed by atoms with Gasteiger partial charge in [-0.1, -0.05) is 0 Å². The average molecular weight is 1490 g/mol. The van der Waals surface area contributed by atoms with Gasteiger partial charge in [0.15, 0.2) is 44.0 Å². The first kappa shape index (κ1) is 85.7. The molecule has 21 aliphatic heterocycles. The van der Waals surface area contributed by atoms with Crippen molar-refractivity contribution in [3.63, 3.8) is 0 Å². The lowest BCUT2D eigenvalue weighted by Crippen LogP contribution is -2.69. The van der Waals surface area contributed by atoms with Crippen LogP contribution in [0.5, 0.6) is 0 Å². The molecule has 0 aromatic heterocycles. The Bertz CT molecular complexity index is 2340. The molecule has 0 spiro atoms. The molecular formula is C65H114O37. The monoisotopic (exact) mass is 1490 g/mol. The van der Waals surface area contributed by atoms with Gasteiger partial charge in [0.2, 0.25) is 0 Å². The summed E-state index contributed by atoms with van der Waals surface area (Å²) in [6, 6.07) is 0. The van der Waals surface area contributed by atoms with E-state index in [0.29, 0.717) is 0 Å². The third kappa shape index (κ3) is 19.1. The lowest BCUT2D eigenvalue weighted by Gasteiger charge is -2.52. The summed E-state index contributed by atoms with van der Waals surface area (Å²) < 4.78 is 232. The van der Waals surface area contributed by atoms with Crippen LogP contribution in [-0.2, 0) is 175 Å². The molecule has 21 aliphatic rings. The van der Waals surface area contributed by atoms with Gasteiger partial charge in [0, 0.05) is 142 Å². The number of carbonyl (C=O) groups excluding carboxylic acids is 1. The van der Waals surface area contributed by atoms with Gasteiger partial charge in [-0.15, -0.1) is 0 Å². The van der Waals surface area contributed by atoms with Gasteiger partial charge in [-0.05, 0) is 0 Å². The SMILES string of the molecule is COC[C@H]1O[C@@H]2O[C@H]3[C@H](OC)[C@@H](OC)[C@@H](O[C@H]4[C@H](OC)[C@@H](OC)[C@@H](O[C@H]5[C@H](OC)[C@@H](OC)[C@@H](O[C@H]6[C@H](OC)[C@@H](OCC(=O)OC)[C@@H](O[C@H]7[C@H](OC)[C@@H](OC)[C@@H](O[C@H]8[C@H](OC)[C@@H](OC)[C@@H](O[C@H]1[C@H](OC)[C@H]2OC)O[C@@H]8COC)O[C@@H]7COC)O[C@@H]6COC)O[C@@H]5COC)O[C@@H]4COC)O[C@@H]3COC. The van der Waals surface area contributed by atoms with E-state index in [-0.39, 0.29) is 46.2 Å². The van der Waals surface area contributed by atoms with Crippen molar-refractivity contribution in [2.24, 2.45) is 0 Å². The number of carbonyl (C=O) groups is 1. The summed E-state index contributed by atoms with van der Waals surface area (Å²) >= 11 is 0. The summed E-state index contributed by atoms with van der Waals surface area (Å²) in [6.45, 7) is -1.17. The number of methoxy groups -OCH3 is 21. The van der Waals surface area contributed by atoms with Crippen molar-refractivity contribution in [2.75, 3.05) is 202 Å². The van der Waals surface area contributed by atoms with Crippen LogP contribution >= 0.6 is 0 Å². The lowest BCUT2D eigenvalue weighted by molar-refractivity contribution is -0.403. The number of hydrogen-bond donors (Lipinski definition) is 0. The maximum Gasteiger partial charge on any atom is 0.331 e. The first-order valence-electron chi connectivity index (χ1n) is 33.7. The molecule has 35 atom stereocenters. The quantitative estimate of drug-likeness (QED) is 0.0705. The van der Waals surface area contributed by atoms with Crippen LogP contribution in [0.4, 0.5) is 0 Å². The van der Waals surface area contributed by atoms with E-state index in [1.165, 1.54) is 149 Å². The average Bonchev–Trinajstić information content (AvgIpc) is 0.819. The van der Waals surface area contributed by atoms with Crippen LogP contribution in [0, 0.1) is 0 Å². The summed E-state index contributed by atoms with van der Waals surface area (Å²) in [6.07, 6.45) is -38.3. The van der Waals surface area contributed by atoms with Crippen LogP contribution in [0.25, 0.3) is 0 Å². The Labute approximate surface area is 596 Å². The van der Waals surface area contributed by atoms with Crippen LogP contribution in [0.1, 0.15) is 0 Å². The van der Waals surface area contributed by atoms with Gasteiger partial charge >= 0.3 is 5.97 Å². The molecule has 0 radical (unpaired) electrons. The highest BCUT2D eigenvalue weighted by molar-refractivity contribution is 5.70. The van der Waals surface area contributed by atoms with E-state index >= 15 is 0 Å². The minimum Gasteiger partial charge on any atom is -0.467 e. The molecule has 14 bridgehead atoms. The molecule has 0 unspecified atom stereocenters. The molecule has 0 aromatic carbocycles. The molecule has 21 fully saturated rings. The van der Waals surface area contributed by atoms with Crippen molar-refractivity contribution in [2.45, 2.75) is 215 Å². The van der Waals surface area contributed by atoms with E-state index in [1.54, 1.807) is 0 Å². The van der Waals surface area contributed by atoms with E-state index in [9.17, 15) is 4.79 Å². The maximum absolute atomic E-state index is 13.1. The molecule has 596 valence electrons. The van der Waals surface area contributed by atoms with Crippen molar-refractivity contribution >= 4 is 5.97 Å². The van der Waals surface area contributed by atoms with Gasteiger partial charge in [-0.3, -0.25) is 0 Å². The maximum atomic E-state index is 13.1. The molecule has 37 nitrogen and oxygen atoms in total. The summed E-state index contributed by atoms with van der Waals surface area (Å²) in [5.41, 5.74) is 0. The van der Waals surface area contributed by atoms with Crippen molar-refractivity contribution in [1.29, 1.82) is 0 Å². The molecule has 21 saturated heterocycles. The summed E-state index contributed by atoms with van der Waals surface area (Å²) in [4.78, 5) is 13.1. The Morgan fingerprint density at radius 3 is 0.490 bits per heavy atom. The van der Waals surface area contributed by atoms with Crippen LogP contribution in [0.15, 0.2) is 0 Å².